The van der Waals surface area contributed by atoms with E-state index in [1.165, 1.54) is 161 Å². The van der Waals surface area contributed by atoms with Crippen LogP contribution in [0.25, 0.3) is 0 Å². The van der Waals surface area contributed by atoms with Crippen LogP contribution in [0.1, 0.15) is 245 Å². The largest absolute Gasteiger partial charge is 0.472 e. The summed E-state index contributed by atoms with van der Waals surface area (Å²) in [6, 6.07) is 0. The topological polar surface area (TPSA) is 134 Å². The van der Waals surface area contributed by atoms with E-state index in [0.717, 1.165) is 51.4 Å². The molecule has 1 unspecified atom stereocenters. The predicted octanol–water partition coefficient (Wildman–Crippen LogP) is 14.2. The van der Waals surface area contributed by atoms with Crippen molar-refractivity contribution in [1.82, 2.24) is 0 Å². The van der Waals surface area contributed by atoms with Gasteiger partial charge in [-0.1, -0.05) is 206 Å². The van der Waals surface area contributed by atoms with Gasteiger partial charge in [0.25, 0.3) is 0 Å². The van der Waals surface area contributed by atoms with E-state index in [1.807, 2.05) is 0 Å². The van der Waals surface area contributed by atoms with Gasteiger partial charge in [-0.3, -0.25) is 18.6 Å². The summed E-state index contributed by atoms with van der Waals surface area (Å²) in [5, 5.41) is 0. The molecule has 0 spiro atoms. The molecule has 0 heterocycles. The van der Waals surface area contributed by atoms with E-state index < -0.39 is 26.5 Å². The maximum Gasteiger partial charge on any atom is 0.472 e. The summed E-state index contributed by atoms with van der Waals surface area (Å²) in [4.78, 5) is 35.0. The molecule has 0 aromatic rings. The highest BCUT2D eigenvalue weighted by atomic mass is 31.2. The smallest absolute Gasteiger partial charge is 0.462 e. The number of allylic oxidation sites excluding steroid dienone is 2. The lowest BCUT2D eigenvalue weighted by molar-refractivity contribution is -0.161. The molecule has 0 fully saturated rings. The predicted molar refractivity (Wildman–Crippen MR) is 238 cm³/mol. The first kappa shape index (κ1) is 55.8. The number of carbonyl (C=O) groups is 2. The highest BCUT2D eigenvalue weighted by molar-refractivity contribution is 7.47. The lowest BCUT2D eigenvalue weighted by Crippen LogP contribution is -2.29. The molecule has 2 atom stereocenters. The molecule has 0 amide bonds. The SMILES string of the molecule is CCCCCCCC/C=C/CCCCCCCC(=O)OC[C@H](COP(=O)(O)OCCN)OC(=O)CCCCCCCCCCCCCCCCCCCCCCC. The molecule has 0 aromatic carbocycles. The Morgan fingerprint density at radius 3 is 1.25 bits per heavy atom. The van der Waals surface area contributed by atoms with Crippen LogP contribution in [0.5, 0.6) is 0 Å². The van der Waals surface area contributed by atoms with Crippen molar-refractivity contribution in [3.63, 3.8) is 0 Å². The summed E-state index contributed by atoms with van der Waals surface area (Å²) in [6.45, 7) is 3.76. The van der Waals surface area contributed by atoms with Gasteiger partial charge in [-0.2, -0.15) is 0 Å². The van der Waals surface area contributed by atoms with Gasteiger partial charge in [0, 0.05) is 19.4 Å². The molecule has 0 rings (SSSR count). The van der Waals surface area contributed by atoms with E-state index in [4.69, 9.17) is 24.3 Å². The molecular weight excluding hydrogens is 737 g/mol. The number of rotatable bonds is 46. The van der Waals surface area contributed by atoms with Gasteiger partial charge in [0.2, 0.25) is 0 Å². The van der Waals surface area contributed by atoms with Crippen LogP contribution in [-0.4, -0.2) is 49.3 Å². The molecule has 0 aliphatic rings. The normalized spacial score (nSPS) is 13.3. The number of phosphoric ester groups is 1. The van der Waals surface area contributed by atoms with Crippen LogP contribution < -0.4 is 5.73 Å². The average Bonchev–Trinajstić information content (AvgIpc) is 3.20. The highest BCUT2D eigenvalue weighted by Gasteiger charge is 2.26. The van der Waals surface area contributed by atoms with Gasteiger partial charge < -0.3 is 20.1 Å². The number of hydrogen-bond acceptors (Lipinski definition) is 8. The van der Waals surface area contributed by atoms with Gasteiger partial charge in [-0.25, -0.2) is 4.57 Å². The summed E-state index contributed by atoms with van der Waals surface area (Å²) in [6.07, 6.45) is 46.7. The molecule has 0 aromatic heterocycles. The fraction of sp³-hybridized carbons (Fsp3) is 0.915. The Kier molecular flexibility index (Phi) is 43.3. The second-order valence-electron chi connectivity index (χ2n) is 16.3. The molecule has 0 radical (unpaired) electrons. The van der Waals surface area contributed by atoms with Crippen LogP contribution in [0.2, 0.25) is 0 Å². The number of unbranched alkanes of at least 4 members (excludes halogenated alkanes) is 31. The lowest BCUT2D eigenvalue weighted by atomic mass is 10.0. The maximum absolute atomic E-state index is 12.6. The number of ether oxygens (including phenoxy) is 2. The molecule has 338 valence electrons. The van der Waals surface area contributed by atoms with E-state index in [1.54, 1.807) is 0 Å². The molecule has 57 heavy (non-hydrogen) atoms. The Bertz CT molecular complexity index is 948. The first-order chi connectivity index (χ1) is 27.8. The van der Waals surface area contributed by atoms with E-state index in [9.17, 15) is 19.0 Å². The van der Waals surface area contributed by atoms with Crippen LogP contribution in [0, 0.1) is 0 Å². The first-order valence-corrected chi connectivity index (χ1v) is 25.7. The van der Waals surface area contributed by atoms with E-state index in [-0.39, 0.29) is 38.6 Å². The third-order valence-electron chi connectivity index (χ3n) is 10.7. The third-order valence-corrected chi connectivity index (χ3v) is 11.6. The number of hydrogen-bond donors (Lipinski definition) is 2. The van der Waals surface area contributed by atoms with Crippen LogP contribution >= 0.6 is 7.82 Å². The van der Waals surface area contributed by atoms with Crippen LogP contribution in [0.4, 0.5) is 0 Å². The third kappa shape index (κ3) is 44.1. The number of phosphoric acid groups is 1. The minimum atomic E-state index is -4.38. The quantitative estimate of drug-likeness (QED) is 0.0266. The van der Waals surface area contributed by atoms with Crippen molar-refractivity contribution in [3.05, 3.63) is 12.2 Å². The molecule has 3 N–H and O–H groups in total. The minimum absolute atomic E-state index is 0.0554. The van der Waals surface area contributed by atoms with Gasteiger partial charge in [0.1, 0.15) is 6.61 Å². The molecule has 0 saturated carbocycles. The van der Waals surface area contributed by atoms with Crippen LogP contribution in [-0.2, 0) is 32.7 Å². The van der Waals surface area contributed by atoms with Crippen molar-refractivity contribution in [2.24, 2.45) is 5.73 Å². The zero-order valence-electron chi connectivity index (χ0n) is 37.3. The maximum atomic E-state index is 12.6. The first-order valence-electron chi connectivity index (χ1n) is 24.2. The monoisotopic (exact) mass is 830 g/mol. The molecule has 0 saturated heterocycles. The Labute approximate surface area is 351 Å². The zero-order valence-corrected chi connectivity index (χ0v) is 38.2. The number of carbonyl (C=O) groups excluding carboxylic acids is 2. The van der Waals surface area contributed by atoms with Crippen molar-refractivity contribution in [2.75, 3.05) is 26.4 Å². The molecule has 9 nitrogen and oxygen atoms in total. The zero-order chi connectivity index (χ0) is 41.8. The molecule has 0 aliphatic carbocycles. The number of nitrogens with two attached hydrogens (primary N) is 1. The van der Waals surface area contributed by atoms with Gasteiger partial charge >= 0.3 is 19.8 Å². The van der Waals surface area contributed by atoms with Crippen molar-refractivity contribution in [2.45, 2.75) is 251 Å². The summed E-state index contributed by atoms with van der Waals surface area (Å²) >= 11 is 0. The molecule has 0 aliphatic heterocycles. The van der Waals surface area contributed by atoms with E-state index in [0.29, 0.717) is 6.42 Å². The summed E-state index contributed by atoms with van der Waals surface area (Å²) in [7, 11) is -4.38. The Morgan fingerprint density at radius 1 is 0.509 bits per heavy atom. The summed E-state index contributed by atoms with van der Waals surface area (Å²) in [5.74, 6) is -0.824. The van der Waals surface area contributed by atoms with Crippen LogP contribution in [0.15, 0.2) is 12.2 Å². The van der Waals surface area contributed by atoms with Crippen molar-refractivity contribution >= 4 is 19.8 Å². The van der Waals surface area contributed by atoms with Gasteiger partial charge in [0.05, 0.1) is 13.2 Å². The Hall–Kier alpha value is -1.25. The van der Waals surface area contributed by atoms with E-state index >= 15 is 0 Å². The molecule has 0 bridgehead atoms. The van der Waals surface area contributed by atoms with Gasteiger partial charge in [0.15, 0.2) is 6.10 Å². The average molecular weight is 830 g/mol. The minimum Gasteiger partial charge on any atom is -0.462 e. The fourth-order valence-electron chi connectivity index (χ4n) is 7.04. The summed E-state index contributed by atoms with van der Waals surface area (Å²) in [5.41, 5.74) is 5.36. The standard InChI is InChI=1S/C47H92NO8P/c1-3-5-7-9-11-13-15-17-19-20-21-22-23-24-26-28-30-32-34-36-38-40-47(50)56-45(44-55-57(51,52)54-42-41-48)43-53-46(49)39-37-35-33-31-29-27-25-18-16-14-12-10-8-6-4-2/h18,25,45H,3-17,19-24,26-44,48H2,1-2H3,(H,51,52)/b25-18+/t45-/m1/s1. The Morgan fingerprint density at radius 2 is 0.860 bits per heavy atom. The van der Waals surface area contributed by atoms with E-state index in [2.05, 4.69) is 26.0 Å². The molecule has 10 heteroatoms. The second-order valence-corrected chi connectivity index (χ2v) is 17.8. The molecular formula is C47H92NO8P. The summed E-state index contributed by atoms with van der Waals surface area (Å²) < 4.78 is 32.9. The second kappa shape index (κ2) is 44.3. The highest BCUT2D eigenvalue weighted by Crippen LogP contribution is 2.43. The Balaban J connectivity index is 4.04. The fourth-order valence-corrected chi connectivity index (χ4v) is 7.81. The van der Waals surface area contributed by atoms with Gasteiger partial charge in [-0.15, -0.1) is 0 Å². The van der Waals surface area contributed by atoms with Crippen molar-refractivity contribution < 1.29 is 37.6 Å². The van der Waals surface area contributed by atoms with Crippen molar-refractivity contribution in [3.8, 4) is 0 Å². The number of esters is 2. The van der Waals surface area contributed by atoms with Crippen molar-refractivity contribution in [1.29, 1.82) is 0 Å². The van der Waals surface area contributed by atoms with Crippen LogP contribution in [0.3, 0.4) is 0 Å². The van der Waals surface area contributed by atoms with Gasteiger partial charge in [-0.05, 0) is 38.5 Å². The lowest BCUT2D eigenvalue weighted by Gasteiger charge is -2.19.